The number of halogens is 1. The number of carbonyl (C=O) groups is 1. The van der Waals surface area contributed by atoms with Gasteiger partial charge >= 0.3 is 0 Å². The van der Waals surface area contributed by atoms with Gasteiger partial charge in [0.2, 0.25) is 0 Å². The second kappa shape index (κ2) is 9.75. The van der Waals surface area contributed by atoms with Gasteiger partial charge in [-0.1, -0.05) is 35.9 Å². The van der Waals surface area contributed by atoms with Crippen LogP contribution in [0.2, 0.25) is 5.02 Å². The molecule has 0 radical (unpaired) electrons. The zero-order valence-electron chi connectivity index (χ0n) is 18.4. The molecule has 0 saturated heterocycles. The number of methoxy groups -OCH3 is 1. The number of nitrogens with one attached hydrogen (secondary N) is 1. The Morgan fingerprint density at radius 2 is 1.85 bits per heavy atom. The van der Waals surface area contributed by atoms with Crippen LogP contribution in [-0.4, -0.2) is 30.0 Å². The summed E-state index contributed by atoms with van der Waals surface area (Å²) in [5.74, 6) is 1.64. The van der Waals surface area contributed by atoms with Gasteiger partial charge in [-0.15, -0.1) is 0 Å². The van der Waals surface area contributed by atoms with Crippen LogP contribution in [0.4, 0.5) is 11.6 Å². The number of hydrogen-bond acceptors (Lipinski definition) is 6. The highest BCUT2D eigenvalue weighted by Crippen LogP contribution is 2.25. The van der Waals surface area contributed by atoms with Gasteiger partial charge in [-0.25, -0.2) is 9.97 Å². The quantitative estimate of drug-likeness (QED) is 0.422. The molecule has 4 aromatic rings. The standard InChI is InChI=1S/C25H24ClN5O2/c1-31(15-16-3-6-20(33-2)7-4-16)24-22(26)12-19(14-29-24)25(32)30-13-17-5-8-21-18(11-17)9-10-28-23(21)27/h3-12,14H,13,15H2,1-2H3,(H2,27,28)(H,30,32). The van der Waals surface area contributed by atoms with E-state index in [1.165, 1.54) is 6.20 Å². The first kappa shape index (κ1) is 22.4. The summed E-state index contributed by atoms with van der Waals surface area (Å²) in [4.78, 5) is 23.1. The number of ether oxygens (including phenoxy) is 1. The second-order valence-electron chi connectivity index (χ2n) is 7.67. The normalized spacial score (nSPS) is 10.8. The summed E-state index contributed by atoms with van der Waals surface area (Å²) in [5, 5.41) is 5.18. The van der Waals surface area contributed by atoms with Crippen molar-refractivity contribution in [1.82, 2.24) is 15.3 Å². The second-order valence-corrected chi connectivity index (χ2v) is 8.08. The molecule has 2 heterocycles. The first-order valence-corrected chi connectivity index (χ1v) is 10.7. The third-order valence-corrected chi connectivity index (χ3v) is 5.62. The van der Waals surface area contributed by atoms with Gasteiger partial charge in [0.15, 0.2) is 0 Å². The van der Waals surface area contributed by atoms with Crippen LogP contribution >= 0.6 is 11.6 Å². The fourth-order valence-corrected chi connectivity index (χ4v) is 3.87. The van der Waals surface area contributed by atoms with Crippen LogP contribution in [0, 0.1) is 0 Å². The minimum atomic E-state index is -0.247. The van der Waals surface area contributed by atoms with Gasteiger partial charge < -0.3 is 20.7 Å². The summed E-state index contributed by atoms with van der Waals surface area (Å²) in [5.41, 5.74) is 8.34. The van der Waals surface area contributed by atoms with E-state index in [0.29, 0.717) is 35.3 Å². The minimum Gasteiger partial charge on any atom is -0.497 e. The van der Waals surface area contributed by atoms with Crippen molar-refractivity contribution in [3.05, 3.63) is 88.7 Å². The maximum atomic E-state index is 12.7. The van der Waals surface area contributed by atoms with Crippen LogP contribution < -0.4 is 20.7 Å². The predicted molar refractivity (Wildman–Crippen MR) is 132 cm³/mol. The third kappa shape index (κ3) is 5.15. The smallest absolute Gasteiger partial charge is 0.253 e. The number of aromatic nitrogens is 2. The Morgan fingerprint density at radius 1 is 1.09 bits per heavy atom. The van der Waals surface area contributed by atoms with E-state index in [1.807, 2.05) is 60.5 Å². The van der Waals surface area contributed by atoms with Crippen LogP contribution in [0.3, 0.4) is 0 Å². The van der Waals surface area contributed by atoms with E-state index in [2.05, 4.69) is 15.3 Å². The lowest BCUT2D eigenvalue weighted by molar-refractivity contribution is 0.0950. The Bertz CT molecular complexity index is 1290. The Hall–Kier alpha value is -3.84. The topological polar surface area (TPSA) is 93.4 Å². The number of nitrogens with two attached hydrogens (primary N) is 1. The molecule has 1 amide bonds. The molecule has 0 bridgehead atoms. The number of nitrogen functional groups attached to an aromatic ring is 1. The van der Waals surface area contributed by atoms with Crippen molar-refractivity contribution in [1.29, 1.82) is 0 Å². The zero-order chi connectivity index (χ0) is 23.4. The van der Waals surface area contributed by atoms with Gasteiger partial charge in [-0.3, -0.25) is 4.79 Å². The van der Waals surface area contributed by atoms with Crippen LogP contribution in [0.15, 0.2) is 67.0 Å². The number of benzene rings is 2. The molecule has 0 atom stereocenters. The molecule has 168 valence electrons. The van der Waals surface area contributed by atoms with Gasteiger partial charge in [0.05, 0.1) is 17.7 Å². The van der Waals surface area contributed by atoms with E-state index >= 15 is 0 Å². The lowest BCUT2D eigenvalue weighted by Crippen LogP contribution is -2.24. The maximum absolute atomic E-state index is 12.7. The summed E-state index contributed by atoms with van der Waals surface area (Å²) in [7, 11) is 3.54. The summed E-state index contributed by atoms with van der Waals surface area (Å²) >= 11 is 6.46. The average molecular weight is 462 g/mol. The molecule has 7 nitrogen and oxygen atoms in total. The fourth-order valence-electron chi connectivity index (χ4n) is 3.56. The Kier molecular flexibility index (Phi) is 6.60. The maximum Gasteiger partial charge on any atom is 0.253 e. The van der Waals surface area contributed by atoms with Gasteiger partial charge in [-0.2, -0.15) is 0 Å². The number of carbonyl (C=O) groups excluding carboxylic acids is 1. The highest BCUT2D eigenvalue weighted by molar-refractivity contribution is 6.33. The molecule has 4 rings (SSSR count). The molecule has 0 aliphatic rings. The number of hydrogen-bond donors (Lipinski definition) is 2. The van der Waals surface area contributed by atoms with Gasteiger partial charge in [-0.05, 0) is 46.8 Å². The first-order valence-electron chi connectivity index (χ1n) is 10.4. The van der Waals surface area contributed by atoms with E-state index in [4.69, 9.17) is 22.1 Å². The number of rotatable bonds is 7. The Labute approximate surface area is 197 Å². The lowest BCUT2D eigenvalue weighted by Gasteiger charge is -2.20. The number of anilines is 2. The molecule has 0 saturated carbocycles. The van der Waals surface area contributed by atoms with Crippen molar-refractivity contribution < 1.29 is 9.53 Å². The molecule has 33 heavy (non-hydrogen) atoms. The van der Waals surface area contributed by atoms with Crippen molar-refractivity contribution in [2.24, 2.45) is 0 Å². The molecule has 0 fully saturated rings. The molecule has 2 aromatic carbocycles. The third-order valence-electron chi connectivity index (χ3n) is 5.34. The predicted octanol–water partition coefficient (Wildman–Crippen LogP) is 4.44. The van der Waals surface area contributed by atoms with E-state index in [1.54, 1.807) is 19.4 Å². The zero-order valence-corrected chi connectivity index (χ0v) is 19.1. The number of pyridine rings is 2. The SMILES string of the molecule is COc1ccc(CN(C)c2ncc(C(=O)NCc3ccc4c(N)nccc4c3)cc2Cl)cc1. The summed E-state index contributed by atoms with van der Waals surface area (Å²) in [6.07, 6.45) is 3.20. The molecular weight excluding hydrogens is 438 g/mol. The van der Waals surface area contributed by atoms with Crippen molar-refractivity contribution in [2.75, 3.05) is 24.8 Å². The van der Waals surface area contributed by atoms with Crippen LogP contribution in [-0.2, 0) is 13.1 Å². The molecule has 0 aliphatic heterocycles. The molecule has 8 heteroatoms. The molecule has 2 aromatic heterocycles. The number of nitrogens with zero attached hydrogens (tertiary/aromatic N) is 3. The highest BCUT2D eigenvalue weighted by atomic mass is 35.5. The molecular formula is C25H24ClN5O2. The van der Waals surface area contributed by atoms with E-state index in [-0.39, 0.29) is 5.91 Å². The van der Waals surface area contributed by atoms with Gasteiger partial charge in [0, 0.05) is 37.9 Å². The number of amides is 1. The summed E-state index contributed by atoms with van der Waals surface area (Å²) < 4.78 is 5.19. The largest absolute Gasteiger partial charge is 0.497 e. The van der Waals surface area contributed by atoms with Crippen molar-refractivity contribution in [2.45, 2.75) is 13.1 Å². The van der Waals surface area contributed by atoms with Crippen LogP contribution in [0.25, 0.3) is 10.8 Å². The Morgan fingerprint density at radius 3 is 2.58 bits per heavy atom. The van der Waals surface area contributed by atoms with Crippen LogP contribution in [0.5, 0.6) is 5.75 Å². The van der Waals surface area contributed by atoms with Crippen molar-refractivity contribution in [3.63, 3.8) is 0 Å². The van der Waals surface area contributed by atoms with E-state index in [9.17, 15) is 4.79 Å². The summed E-state index contributed by atoms with van der Waals surface area (Å²) in [6, 6.07) is 17.1. The molecule has 0 aliphatic carbocycles. The summed E-state index contributed by atoms with van der Waals surface area (Å²) in [6.45, 7) is 0.984. The van der Waals surface area contributed by atoms with E-state index in [0.717, 1.165) is 27.6 Å². The van der Waals surface area contributed by atoms with Gasteiger partial charge in [0.25, 0.3) is 5.91 Å². The van der Waals surface area contributed by atoms with Crippen molar-refractivity contribution >= 4 is 39.9 Å². The molecule has 0 unspecified atom stereocenters. The first-order chi connectivity index (χ1) is 15.9. The molecule has 0 spiro atoms. The van der Waals surface area contributed by atoms with E-state index < -0.39 is 0 Å². The lowest BCUT2D eigenvalue weighted by atomic mass is 10.1. The monoisotopic (exact) mass is 461 g/mol. The van der Waals surface area contributed by atoms with Gasteiger partial charge in [0.1, 0.15) is 17.4 Å². The van der Waals surface area contributed by atoms with Crippen molar-refractivity contribution in [3.8, 4) is 5.75 Å². The van der Waals surface area contributed by atoms with Crippen LogP contribution in [0.1, 0.15) is 21.5 Å². The fraction of sp³-hybridized carbons (Fsp3) is 0.160. The average Bonchev–Trinajstić information content (AvgIpc) is 2.83. The minimum absolute atomic E-state index is 0.247. The molecule has 3 N–H and O–H groups in total. The Balaban J connectivity index is 1.40. The number of fused-ring (bicyclic) bond motifs is 1. The highest BCUT2D eigenvalue weighted by Gasteiger charge is 2.13.